The summed E-state index contributed by atoms with van der Waals surface area (Å²) in [5.41, 5.74) is 0.577. The quantitative estimate of drug-likeness (QED) is 0.650. The van der Waals surface area contributed by atoms with Crippen LogP contribution in [0.3, 0.4) is 0 Å². The van der Waals surface area contributed by atoms with E-state index >= 15 is 0 Å². The number of phenols is 1. The first kappa shape index (κ1) is 8.74. The van der Waals surface area contributed by atoms with Crippen LogP contribution in [0.2, 0.25) is 0 Å². The molecule has 12 heavy (non-hydrogen) atoms. The minimum Gasteiger partial charge on any atom is -0.507 e. The molecule has 0 aliphatic rings. The second-order valence-electron chi connectivity index (χ2n) is 2.58. The second kappa shape index (κ2) is 3.36. The zero-order chi connectivity index (χ0) is 9.14. The van der Waals surface area contributed by atoms with E-state index in [2.05, 4.69) is 0 Å². The van der Waals surface area contributed by atoms with Crippen LogP contribution in [0.15, 0.2) is 18.2 Å². The first-order valence-electron chi connectivity index (χ1n) is 3.62. The van der Waals surface area contributed by atoms with Gasteiger partial charge in [0.2, 0.25) is 0 Å². The molecule has 0 amide bonds. The number of hydrogen-bond donors (Lipinski definition) is 2. The van der Waals surface area contributed by atoms with Gasteiger partial charge in [0.05, 0.1) is 11.7 Å². The molecule has 0 saturated heterocycles. The number of aliphatic hydroxyl groups is 1. The number of aldehydes is 1. The van der Waals surface area contributed by atoms with E-state index in [0.29, 0.717) is 11.8 Å². The van der Waals surface area contributed by atoms with Crippen molar-refractivity contribution >= 4 is 6.29 Å². The summed E-state index contributed by atoms with van der Waals surface area (Å²) in [5.74, 6) is -0.137. The summed E-state index contributed by atoms with van der Waals surface area (Å²) in [5, 5.41) is 18.5. The average Bonchev–Trinajstić information content (AvgIpc) is 2.04. The van der Waals surface area contributed by atoms with Crippen molar-refractivity contribution in [3.63, 3.8) is 0 Å². The van der Waals surface area contributed by atoms with Crippen molar-refractivity contribution < 1.29 is 15.0 Å². The molecule has 0 fully saturated rings. The number of hydrogen-bond acceptors (Lipinski definition) is 3. The molecule has 1 atom stereocenters. The van der Waals surface area contributed by atoms with Crippen LogP contribution in [0, 0.1) is 0 Å². The smallest absolute Gasteiger partial charge is 0.153 e. The number of rotatable bonds is 2. The number of carbonyl (C=O) groups excluding carboxylic acids is 1. The molecular formula is C9H10O3. The fourth-order valence-electron chi connectivity index (χ4n) is 1.01. The molecule has 3 nitrogen and oxygen atoms in total. The Hall–Kier alpha value is -1.35. The zero-order valence-corrected chi connectivity index (χ0v) is 6.69. The molecule has 1 aromatic carbocycles. The average molecular weight is 166 g/mol. The number of carbonyl (C=O) groups is 1. The Morgan fingerprint density at radius 2 is 2.17 bits per heavy atom. The van der Waals surface area contributed by atoms with E-state index in [1.54, 1.807) is 12.1 Å². The number of aliphatic hydroxyl groups excluding tert-OH is 1. The highest BCUT2D eigenvalue weighted by Crippen LogP contribution is 2.26. The predicted molar refractivity (Wildman–Crippen MR) is 44.1 cm³/mol. The van der Waals surface area contributed by atoms with Crippen LogP contribution in [0.4, 0.5) is 0 Å². The third-order valence-electron chi connectivity index (χ3n) is 1.68. The number of para-hydroxylation sites is 1. The van der Waals surface area contributed by atoms with Gasteiger partial charge in [-0.15, -0.1) is 0 Å². The van der Waals surface area contributed by atoms with E-state index in [4.69, 9.17) is 5.11 Å². The summed E-state index contributed by atoms with van der Waals surface area (Å²) in [6, 6.07) is 4.69. The van der Waals surface area contributed by atoms with Gasteiger partial charge >= 0.3 is 0 Å². The van der Waals surface area contributed by atoms with Crippen LogP contribution in [0.5, 0.6) is 5.75 Å². The second-order valence-corrected chi connectivity index (χ2v) is 2.58. The van der Waals surface area contributed by atoms with Crippen LogP contribution in [0.25, 0.3) is 0 Å². The van der Waals surface area contributed by atoms with Crippen LogP contribution in [-0.4, -0.2) is 16.5 Å². The lowest BCUT2D eigenvalue weighted by atomic mass is 10.1. The van der Waals surface area contributed by atoms with Crippen molar-refractivity contribution in [1.82, 2.24) is 0 Å². The lowest BCUT2D eigenvalue weighted by Gasteiger charge is -2.07. The Morgan fingerprint density at radius 3 is 2.67 bits per heavy atom. The summed E-state index contributed by atoms with van der Waals surface area (Å²) >= 11 is 0. The molecule has 0 aromatic heterocycles. The first-order valence-corrected chi connectivity index (χ1v) is 3.62. The highest BCUT2D eigenvalue weighted by molar-refractivity contribution is 5.79. The van der Waals surface area contributed by atoms with Crippen LogP contribution in [0.1, 0.15) is 28.9 Å². The lowest BCUT2D eigenvalue weighted by Crippen LogP contribution is -1.93. The van der Waals surface area contributed by atoms with Gasteiger partial charge in [-0.25, -0.2) is 0 Å². The van der Waals surface area contributed by atoms with Gasteiger partial charge in [-0.3, -0.25) is 4.79 Å². The number of aromatic hydroxyl groups is 1. The van der Waals surface area contributed by atoms with Gasteiger partial charge in [0.25, 0.3) is 0 Å². The molecule has 0 aliphatic carbocycles. The maximum absolute atomic E-state index is 10.4. The normalized spacial score (nSPS) is 12.5. The van der Waals surface area contributed by atoms with E-state index in [9.17, 15) is 9.90 Å². The Kier molecular flexibility index (Phi) is 2.45. The van der Waals surface area contributed by atoms with E-state index < -0.39 is 6.10 Å². The Bertz CT molecular complexity index is 292. The van der Waals surface area contributed by atoms with Gasteiger partial charge in [-0.1, -0.05) is 12.1 Å². The van der Waals surface area contributed by atoms with Crippen LogP contribution in [-0.2, 0) is 0 Å². The summed E-state index contributed by atoms with van der Waals surface area (Å²) in [6.07, 6.45) is -0.203. The van der Waals surface area contributed by atoms with Gasteiger partial charge in [0.1, 0.15) is 5.75 Å². The van der Waals surface area contributed by atoms with E-state index in [1.165, 1.54) is 13.0 Å². The summed E-state index contributed by atoms with van der Waals surface area (Å²) in [4.78, 5) is 10.4. The van der Waals surface area contributed by atoms with Gasteiger partial charge in [0, 0.05) is 5.56 Å². The minimum atomic E-state index is -0.759. The van der Waals surface area contributed by atoms with Crippen molar-refractivity contribution in [3.8, 4) is 5.75 Å². The van der Waals surface area contributed by atoms with Crippen molar-refractivity contribution in [2.24, 2.45) is 0 Å². The molecule has 64 valence electrons. The standard InChI is InChI=1S/C9H10O3/c1-6(11)8-4-2-3-7(5-10)9(8)12/h2-6,11-12H,1H3. The molecule has 0 heterocycles. The molecule has 0 aliphatic heterocycles. The molecule has 0 bridgehead atoms. The van der Waals surface area contributed by atoms with Gasteiger partial charge < -0.3 is 10.2 Å². The van der Waals surface area contributed by atoms with Gasteiger partial charge in [0.15, 0.2) is 6.29 Å². The molecule has 1 unspecified atom stereocenters. The van der Waals surface area contributed by atoms with Crippen molar-refractivity contribution in [2.45, 2.75) is 13.0 Å². The predicted octanol–water partition coefficient (Wildman–Crippen LogP) is 1.26. The fourth-order valence-corrected chi connectivity index (χ4v) is 1.01. The van der Waals surface area contributed by atoms with Crippen LogP contribution < -0.4 is 0 Å². The Morgan fingerprint density at radius 1 is 1.50 bits per heavy atom. The molecular weight excluding hydrogens is 156 g/mol. The third-order valence-corrected chi connectivity index (χ3v) is 1.68. The molecule has 1 aromatic rings. The van der Waals surface area contributed by atoms with Crippen molar-refractivity contribution in [1.29, 1.82) is 0 Å². The van der Waals surface area contributed by atoms with E-state index in [-0.39, 0.29) is 11.3 Å². The Balaban J connectivity index is 3.22. The SMILES string of the molecule is CC(O)c1cccc(C=O)c1O. The lowest BCUT2D eigenvalue weighted by molar-refractivity contribution is 0.112. The summed E-state index contributed by atoms with van der Waals surface area (Å²) in [6.45, 7) is 1.53. The third kappa shape index (κ3) is 1.46. The highest BCUT2D eigenvalue weighted by Gasteiger charge is 2.09. The topological polar surface area (TPSA) is 57.5 Å². The van der Waals surface area contributed by atoms with E-state index in [1.807, 2.05) is 0 Å². The zero-order valence-electron chi connectivity index (χ0n) is 6.69. The molecule has 3 heteroatoms. The molecule has 0 saturated carbocycles. The molecule has 1 rings (SSSR count). The molecule has 0 spiro atoms. The van der Waals surface area contributed by atoms with Crippen molar-refractivity contribution in [3.05, 3.63) is 29.3 Å². The number of benzene rings is 1. The van der Waals surface area contributed by atoms with Crippen molar-refractivity contribution in [2.75, 3.05) is 0 Å². The number of phenolic OH excluding ortho intramolecular Hbond substituents is 1. The largest absolute Gasteiger partial charge is 0.507 e. The first-order chi connectivity index (χ1) is 5.66. The van der Waals surface area contributed by atoms with E-state index in [0.717, 1.165) is 0 Å². The monoisotopic (exact) mass is 166 g/mol. The maximum atomic E-state index is 10.4. The fraction of sp³-hybridized carbons (Fsp3) is 0.222. The summed E-state index contributed by atoms with van der Waals surface area (Å²) in [7, 11) is 0. The minimum absolute atomic E-state index is 0.137. The molecule has 0 radical (unpaired) electrons. The van der Waals surface area contributed by atoms with Crippen LogP contribution >= 0.6 is 0 Å². The Labute approximate surface area is 70.3 Å². The van der Waals surface area contributed by atoms with Gasteiger partial charge in [-0.05, 0) is 13.0 Å². The highest BCUT2D eigenvalue weighted by atomic mass is 16.3. The molecule has 2 N–H and O–H groups in total. The summed E-state index contributed by atoms with van der Waals surface area (Å²) < 4.78 is 0. The maximum Gasteiger partial charge on any atom is 0.153 e. The van der Waals surface area contributed by atoms with Gasteiger partial charge in [-0.2, -0.15) is 0 Å².